The van der Waals surface area contributed by atoms with E-state index in [4.69, 9.17) is 10.3 Å². The van der Waals surface area contributed by atoms with Crippen molar-refractivity contribution in [2.45, 2.75) is 18.4 Å². The van der Waals surface area contributed by atoms with Gasteiger partial charge in [0.05, 0.1) is 18.4 Å². The van der Waals surface area contributed by atoms with Crippen LogP contribution in [0.1, 0.15) is 11.7 Å². The van der Waals surface area contributed by atoms with Crippen LogP contribution >= 0.6 is 0 Å². The van der Waals surface area contributed by atoms with Gasteiger partial charge in [-0.1, -0.05) is 12.1 Å². The molecule has 8 heteroatoms. The summed E-state index contributed by atoms with van der Waals surface area (Å²) in [5, 5.41) is 0. The van der Waals surface area contributed by atoms with Gasteiger partial charge in [0.15, 0.2) is 0 Å². The lowest BCUT2D eigenvalue weighted by molar-refractivity contribution is 0.463. The molecule has 0 aliphatic heterocycles. The van der Waals surface area contributed by atoms with Gasteiger partial charge in [0, 0.05) is 0 Å². The Morgan fingerprint density at radius 2 is 2.11 bits per heavy atom. The van der Waals surface area contributed by atoms with E-state index in [1.54, 1.807) is 25.1 Å². The zero-order chi connectivity index (χ0) is 13.9. The number of nitrogen functional groups attached to an aromatic ring is 1. The van der Waals surface area contributed by atoms with E-state index in [0.29, 0.717) is 17.3 Å². The van der Waals surface area contributed by atoms with Crippen LogP contribution in [0.15, 0.2) is 39.8 Å². The summed E-state index contributed by atoms with van der Waals surface area (Å²) in [6, 6.07) is 6.33. The molecule has 102 valence electrons. The van der Waals surface area contributed by atoms with Gasteiger partial charge < -0.3 is 9.84 Å². The molecule has 2 aromatic rings. The third kappa shape index (κ3) is 3.11. The number of rotatable bonds is 5. The molecule has 7 nitrogen and oxygen atoms in total. The fraction of sp³-hybridized carbons (Fsp3) is 0.182. The number of sulfonamides is 1. The van der Waals surface area contributed by atoms with Crippen LogP contribution in [0.25, 0.3) is 0 Å². The molecule has 0 aliphatic rings. The first-order chi connectivity index (χ1) is 9.03. The Hall–Kier alpha value is -1.90. The van der Waals surface area contributed by atoms with E-state index in [9.17, 15) is 8.42 Å². The summed E-state index contributed by atoms with van der Waals surface area (Å²) in [4.78, 5) is 3.99. The van der Waals surface area contributed by atoms with E-state index in [1.165, 1.54) is 12.3 Å². The summed E-state index contributed by atoms with van der Waals surface area (Å²) in [5.74, 6) is 6.21. The topological polar surface area (TPSA) is 110 Å². The van der Waals surface area contributed by atoms with Crippen molar-refractivity contribution in [2.24, 2.45) is 5.84 Å². The second-order valence-corrected chi connectivity index (χ2v) is 5.57. The fourth-order valence-corrected chi connectivity index (χ4v) is 2.68. The third-order valence-corrected chi connectivity index (χ3v) is 3.87. The number of hydrazine groups is 1. The van der Waals surface area contributed by atoms with Crippen molar-refractivity contribution in [1.29, 1.82) is 0 Å². The number of hydrogen-bond donors (Lipinski definition) is 3. The van der Waals surface area contributed by atoms with Crippen molar-refractivity contribution < 1.29 is 12.8 Å². The molecule has 1 aromatic carbocycles. The van der Waals surface area contributed by atoms with Gasteiger partial charge in [-0.15, -0.1) is 0 Å². The highest BCUT2D eigenvalue weighted by atomic mass is 32.2. The van der Waals surface area contributed by atoms with Crippen LogP contribution in [0.5, 0.6) is 0 Å². The molecule has 4 N–H and O–H groups in total. The van der Waals surface area contributed by atoms with Gasteiger partial charge >= 0.3 is 0 Å². The minimum Gasteiger partial charge on any atom is -0.445 e. The van der Waals surface area contributed by atoms with Gasteiger partial charge in [0.2, 0.25) is 15.9 Å². The summed E-state index contributed by atoms with van der Waals surface area (Å²) in [5.41, 5.74) is 2.66. The Labute approximate surface area is 110 Å². The Bertz CT molecular complexity index is 666. The molecule has 0 spiro atoms. The summed E-state index contributed by atoms with van der Waals surface area (Å²) >= 11 is 0. The maximum Gasteiger partial charge on any atom is 0.243 e. The maximum atomic E-state index is 12.1. The largest absolute Gasteiger partial charge is 0.445 e. The SMILES string of the molecule is Cc1cnc(CNS(=O)(=O)c2ccccc2NN)o1. The van der Waals surface area contributed by atoms with Gasteiger partial charge in [0.25, 0.3) is 0 Å². The molecule has 2 rings (SSSR count). The number of oxazole rings is 1. The molecule has 1 aromatic heterocycles. The van der Waals surface area contributed by atoms with Crippen LogP contribution in [0.4, 0.5) is 5.69 Å². The number of benzene rings is 1. The van der Waals surface area contributed by atoms with Gasteiger partial charge in [0.1, 0.15) is 10.7 Å². The minimum atomic E-state index is -3.68. The average Bonchev–Trinajstić information content (AvgIpc) is 2.82. The number of nitrogens with zero attached hydrogens (tertiary/aromatic N) is 1. The molecule has 0 saturated carbocycles. The molecule has 0 amide bonds. The summed E-state index contributed by atoms with van der Waals surface area (Å²) in [6.07, 6.45) is 1.53. The van der Waals surface area contributed by atoms with Gasteiger partial charge in [-0.2, -0.15) is 0 Å². The first-order valence-electron chi connectivity index (χ1n) is 5.49. The zero-order valence-electron chi connectivity index (χ0n) is 10.3. The number of anilines is 1. The van der Waals surface area contributed by atoms with Crippen LogP contribution in [-0.4, -0.2) is 13.4 Å². The maximum absolute atomic E-state index is 12.1. The molecular formula is C11H14N4O3S. The van der Waals surface area contributed by atoms with Crippen molar-refractivity contribution >= 4 is 15.7 Å². The lowest BCUT2D eigenvalue weighted by Crippen LogP contribution is -2.25. The van der Waals surface area contributed by atoms with E-state index in [2.05, 4.69) is 15.1 Å². The van der Waals surface area contributed by atoms with E-state index in [1.807, 2.05) is 0 Å². The Kier molecular flexibility index (Phi) is 3.84. The van der Waals surface area contributed by atoms with Crippen LogP contribution < -0.4 is 16.0 Å². The summed E-state index contributed by atoms with van der Waals surface area (Å²) in [6.45, 7) is 1.72. The second kappa shape index (κ2) is 5.39. The number of nitrogens with two attached hydrogens (primary N) is 1. The Balaban J connectivity index is 2.18. The Morgan fingerprint density at radius 3 is 2.74 bits per heavy atom. The minimum absolute atomic E-state index is 0.0188. The van der Waals surface area contributed by atoms with Crippen LogP contribution in [0, 0.1) is 6.92 Å². The van der Waals surface area contributed by atoms with Crippen LogP contribution in [-0.2, 0) is 16.6 Å². The molecule has 0 atom stereocenters. The zero-order valence-corrected chi connectivity index (χ0v) is 11.1. The molecule has 0 radical (unpaired) electrons. The van der Waals surface area contributed by atoms with Crippen molar-refractivity contribution in [3.8, 4) is 0 Å². The molecule has 1 heterocycles. The normalized spacial score (nSPS) is 11.5. The fourth-order valence-electron chi connectivity index (χ4n) is 1.54. The van der Waals surface area contributed by atoms with E-state index in [-0.39, 0.29) is 11.4 Å². The summed E-state index contributed by atoms with van der Waals surface area (Å²) < 4.78 is 31.8. The van der Waals surface area contributed by atoms with E-state index >= 15 is 0 Å². The van der Waals surface area contributed by atoms with Crippen molar-refractivity contribution in [3.05, 3.63) is 42.1 Å². The lowest BCUT2D eigenvalue weighted by atomic mass is 10.3. The van der Waals surface area contributed by atoms with E-state index < -0.39 is 10.0 Å². The number of aromatic nitrogens is 1. The van der Waals surface area contributed by atoms with Gasteiger partial charge in [-0.25, -0.2) is 18.1 Å². The third-order valence-electron chi connectivity index (χ3n) is 2.41. The van der Waals surface area contributed by atoms with Gasteiger partial charge in [-0.05, 0) is 19.1 Å². The molecule has 0 bridgehead atoms. The first kappa shape index (κ1) is 13.5. The second-order valence-electron chi connectivity index (χ2n) is 3.83. The van der Waals surface area contributed by atoms with Crippen LogP contribution in [0.2, 0.25) is 0 Å². The molecule has 0 unspecified atom stereocenters. The van der Waals surface area contributed by atoms with Gasteiger partial charge in [-0.3, -0.25) is 5.84 Å². The van der Waals surface area contributed by atoms with E-state index in [0.717, 1.165) is 0 Å². The number of para-hydroxylation sites is 1. The number of nitrogens with one attached hydrogen (secondary N) is 2. The molecule has 19 heavy (non-hydrogen) atoms. The predicted molar refractivity (Wildman–Crippen MR) is 69.5 cm³/mol. The quantitative estimate of drug-likeness (QED) is 0.551. The highest BCUT2D eigenvalue weighted by Gasteiger charge is 2.18. The number of hydrogen-bond acceptors (Lipinski definition) is 6. The van der Waals surface area contributed by atoms with Crippen molar-refractivity contribution in [2.75, 3.05) is 5.43 Å². The highest BCUT2D eigenvalue weighted by molar-refractivity contribution is 7.89. The first-order valence-corrected chi connectivity index (χ1v) is 6.98. The average molecular weight is 282 g/mol. The lowest BCUT2D eigenvalue weighted by Gasteiger charge is -2.09. The summed E-state index contributed by atoms with van der Waals surface area (Å²) in [7, 11) is -3.68. The molecule has 0 fully saturated rings. The monoisotopic (exact) mass is 282 g/mol. The van der Waals surface area contributed by atoms with Crippen molar-refractivity contribution in [3.63, 3.8) is 0 Å². The molecule has 0 saturated heterocycles. The molecular weight excluding hydrogens is 268 g/mol. The molecule has 0 aliphatic carbocycles. The van der Waals surface area contributed by atoms with Crippen molar-refractivity contribution in [1.82, 2.24) is 9.71 Å². The predicted octanol–water partition coefficient (Wildman–Crippen LogP) is 0.747. The smallest absolute Gasteiger partial charge is 0.243 e. The number of aryl methyl sites for hydroxylation is 1. The highest BCUT2D eigenvalue weighted by Crippen LogP contribution is 2.19. The standard InChI is InChI=1S/C11H14N4O3S/c1-8-6-13-11(18-8)7-14-19(16,17)10-5-3-2-4-9(10)15-12/h2-6,14-15H,7,12H2,1H3. The Morgan fingerprint density at radius 1 is 1.37 bits per heavy atom. The van der Waals surface area contributed by atoms with Crippen LogP contribution in [0.3, 0.4) is 0 Å².